The van der Waals surface area contributed by atoms with Crippen molar-refractivity contribution in [2.24, 2.45) is 0 Å². The maximum atomic E-state index is 12.9. The molecule has 1 unspecified atom stereocenters. The molecule has 1 atom stereocenters. The zero-order valence-electron chi connectivity index (χ0n) is 6.85. The minimum atomic E-state index is -0.746. The summed E-state index contributed by atoms with van der Waals surface area (Å²) in [7, 11) is 0. The highest BCUT2D eigenvalue weighted by atomic mass is 127. The van der Waals surface area contributed by atoms with Gasteiger partial charge in [0.1, 0.15) is 11.2 Å². The number of carbonyl (C=O) groups is 1. The molecule has 0 heterocycles. The van der Waals surface area contributed by atoms with E-state index in [1.54, 1.807) is 6.07 Å². The highest BCUT2D eigenvalue weighted by Crippen LogP contribution is 2.23. The third-order valence-electron chi connectivity index (χ3n) is 1.53. The molecule has 0 aromatic heterocycles. The van der Waals surface area contributed by atoms with Crippen molar-refractivity contribution in [2.75, 3.05) is 0 Å². The molecule has 0 radical (unpaired) electrons. The van der Waals surface area contributed by atoms with E-state index in [1.165, 1.54) is 19.1 Å². The van der Waals surface area contributed by atoms with Crippen LogP contribution in [0.25, 0.3) is 0 Å². The number of hydrogen-bond donors (Lipinski definition) is 0. The molecular formula is C9H7ClFIO. The molecule has 0 aliphatic carbocycles. The molecule has 0 aliphatic heterocycles. The lowest BCUT2D eigenvalue weighted by Crippen LogP contribution is -2.02. The van der Waals surface area contributed by atoms with Gasteiger partial charge in [-0.05, 0) is 53.3 Å². The average molecular weight is 313 g/mol. The van der Waals surface area contributed by atoms with Crippen LogP contribution in [0.2, 0.25) is 0 Å². The Morgan fingerprint density at radius 3 is 2.62 bits per heavy atom. The highest BCUT2D eigenvalue weighted by Gasteiger charge is 2.14. The molecule has 0 N–H and O–H groups in total. The van der Waals surface area contributed by atoms with Gasteiger partial charge in [-0.3, -0.25) is 4.79 Å². The lowest BCUT2D eigenvalue weighted by Gasteiger charge is -2.06. The van der Waals surface area contributed by atoms with Crippen LogP contribution in [0.1, 0.15) is 17.9 Å². The molecular weight excluding hydrogens is 305 g/mol. The third-order valence-corrected chi connectivity index (χ3v) is 2.72. The lowest BCUT2D eigenvalue weighted by atomic mass is 10.1. The van der Waals surface area contributed by atoms with Gasteiger partial charge in [0.25, 0.3) is 0 Å². The number of carbonyl (C=O) groups excluding carboxylic acids is 1. The topological polar surface area (TPSA) is 17.1 Å². The van der Waals surface area contributed by atoms with Crippen molar-refractivity contribution in [2.45, 2.75) is 12.3 Å². The van der Waals surface area contributed by atoms with E-state index in [0.29, 0.717) is 5.56 Å². The van der Waals surface area contributed by atoms with Crippen LogP contribution < -0.4 is 0 Å². The predicted octanol–water partition coefficient (Wildman–Crippen LogP) is 3.30. The molecule has 0 spiro atoms. The van der Waals surface area contributed by atoms with E-state index in [-0.39, 0.29) is 11.6 Å². The van der Waals surface area contributed by atoms with Gasteiger partial charge in [0.15, 0.2) is 5.78 Å². The van der Waals surface area contributed by atoms with Crippen molar-refractivity contribution in [1.82, 2.24) is 0 Å². The third kappa shape index (κ3) is 2.91. The summed E-state index contributed by atoms with van der Waals surface area (Å²) in [6.07, 6.45) is 0. The smallest absolute Gasteiger partial charge is 0.152 e. The van der Waals surface area contributed by atoms with E-state index >= 15 is 0 Å². The van der Waals surface area contributed by atoms with Crippen molar-refractivity contribution < 1.29 is 9.18 Å². The summed E-state index contributed by atoms with van der Waals surface area (Å²) in [5.74, 6) is -0.545. The van der Waals surface area contributed by atoms with Gasteiger partial charge in [0.05, 0.1) is 0 Å². The van der Waals surface area contributed by atoms with Crippen molar-refractivity contribution in [3.8, 4) is 0 Å². The molecule has 1 aromatic rings. The molecule has 4 heteroatoms. The minimum absolute atomic E-state index is 0.178. The summed E-state index contributed by atoms with van der Waals surface area (Å²) in [6.45, 7) is 1.38. The summed E-state index contributed by atoms with van der Waals surface area (Å²) in [6, 6.07) is 4.36. The minimum Gasteiger partial charge on any atom is -0.298 e. The second kappa shape index (κ2) is 4.37. The first kappa shape index (κ1) is 10.9. The first-order valence-electron chi connectivity index (χ1n) is 3.61. The van der Waals surface area contributed by atoms with E-state index in [9.17, 15) is 9.18 Å². The number of alkyl halides is 1. The van der Waals surface area contributed by atoms with Gasteiger partial charge in [0, 0.05) is 3.57 Å². The Morgan fingerprint density at radius 1 is 1.54 bits per heavy atom. The summed E-state index contributed by atoms with van der Waals surface area (Å²) in [5.41, 5.74) is 0.513. The van der Waals surface area contributed by atoms with E-state index in [1.807, 2.05) is 22.6 Å². The van der Waals surface area contributed by atoms with Crippen LogP contribution in [0.5, 0.6) is 0 Å². The lowest BCUT2D eigenvalue weighted by molar-refractivity contribution is -0.116. The average Bonchev–Trinajstić information content (AvgIpc) is 2.01. The van der Waals surface area contributed by atoms with Crippen LogP contribution in [0.15, 0.2) is 18.2 Å². The van der Waals surface area contributed by atoms with Gasteiger partial charge in [-0.15, -0.1) is 11.6 Å². The fourth-order valence-electron chi connectivity index (χ4n) is 0.956. The Kier molecular flexibility index (Phi) is 3.67. The summed E-state index contributed by atoms with van der Waals surface area (Å²) >= 11 is 7.74. The number of Topliss-reactive ketones (excluding diaryl/α,β-unsaturated/α-hetero) is 1. The van der Waals surface area contributed by atoms with Crippen LogP contribution in [-0.2, 0) is 4.79 Å². The normalized spacial score (nSPS) is 12.6. The second-order valence-corrected chi connectivity index (χ2v) is 4.36. The molecule has 0 bridgehead atoms. The molecule has 0 saturated heterocycles. The predicted molar refractivity (Wildman–Crippen MR) is 58.4 cm³/mol. The molecule has 1 aromatic carbocycles. The summed E-state index contributed by atoms with van der Waals surface area (Å²) in [4.78, 5) is 10.9. The second-order valence-electron chi connectivity index (χ2n) is 2.68. The van der Waals surface area contributed by atoms with Crippen LogP contribution >= 0.6 is 34.2 Å². The Labute approximate surface area is 94.4 Å². The van der Waals surface area contributed by atoms with Crippen molar-refractivity contribution in [3.63, 3.8) is 0 Å². The summed E-state index contributed by atoms with van der Waals surface area (Å²) in [5, 5.41) is -0.746. The molecule has 0 amide bonds. The van der Waals surface area contributed by atoms with Gasteiger partial charge < -0.3 is 0 Å². The van der Waals surface area contributed by atoms with Crippen LogP contribution in [-0.4, -0.2) is 5.78 Å². The van der Waals surface area contributed by atoms with Crippen molar-refractivity contribution >= 4 is 40.0 Å². The first-order chi connectivity index (χ1) is 6.00. The number of hydrogen-bond acceptors (Lipinski definition) is 1. The van der Waals surface area contributed by atoms with E-state index in [0.717, 1.165) is 3.57 Å². The number of benzene rings is 1. The van der Waals surface area contributed by atoms with E-state index in [2.05, 4.69) is 0 Å². The first-order valence-corrected chi connectivity index (χ1v) is 5.12. The molecule has 1 rings (SSSR count). The highest BCUT2D eigenvalue weighted by molar-refractivity contribution is 14.1. The Bertz CT molecular complexity index is 320. The quantitative estimate of drug-likeness (QED) is 0.605. The van der Waals surface area contributed by atoms with Gasteiger partial charge in [-0.1, -0.05) is 0 Å². The summed E-state index contributed by atoms with van der Waals surface area (Å²) < 4.78 is 13.6. The Balaban J connectivity index is 3.07. The van der Waals surface area contributed by atoms with Gasteiger partial charge in [0.2, 0.25) is 0 Å². The fraction of sp³-hybridized carbons (Fsp3) is 0.222. The zero-order chi connectivity index (χ0) is 10.0. The Hall–Kier alpha value is -0.160. The molecule has 1 nitrogen and oxygen atoms in total. The van der Waals surface area contributed by atoms with E-state index < -0.39 is 5.38 Å². The zero-order valence-corrected chi connectivity index (χ0v) is 9.76. The van der Waals surface area contributed by atoms with Crippen molar-refractivity contribution in [1.29, 1.82) is 0 Å². The number of rotatable bonds is 2. The van der Waals surface area contributed by atoms with Crippen LogP contribution in [0.4, 0.5) is 4.39 Å². The molecule has 0 saturated carbocycles. The monoisotopic (exact) mass is 312 g/mol. The van der Waals surface area contributed by atoms with Gasteiger partial charge in [-0.25, -0.2) is 4.39 Å². The number of halogens is 3. The van der Waals surface area contributed by atoms with Gasteiger partial charge >= 0.3 is 0 Å². The maximum absolute atomic E-state index is 12.9. The van der Waals surface area contributed by atoms with E-state index in [4.69, 9.17) is 11.6 Å². The maximum Gasteiger partial charge on any atom is 0.152 e. The fourth-order valence-corrected chi connectivity index (χ4v) is 1.74. The van der Waals surface area contributed by atoms with Gasteiger partial charge in [-0.2, -0.15) is 0 Å². The Morgan fingerprint density at radius 2 is 2.15 bits per heavy atom. The number of ketones is 1. The standard InChI is InChI=1S/C9H7ClFIO/c1-5(13)9(10)6-2-7(11)4-8(12)3-6/h2-4,9H,1H3. The largest absolute Gasteiger partial charge is 0.298 e. The molecule has 0 aliphatic rings. The van der Waals surface area contributed by atoms with Crippen LogP contribution in [0.3, 0.4) is 0 Å². The molecule has 0 fully saturated rings. The molecule has 70 valence electrons. The van der Waals surface area contributed by atoms with Crippen LogP contribution in [0, 0.1) is 9.39 Å². The van der Waals surface area contributed by atoms with Crippen molar-refractivity contribution in [3.05, 3.63) is 33.1 Å². The molecule has 13 heavy (non-hydrogen) atoms. The SMILES string of the molecule is CC(=O)C(Cl)c1cc(F)cc(I)c1.